The van der Waals surface area contributed by atoms with Crippen LogP contribution in [0.2, 0.25) is 0 Å². The summed E-state index contributed by atoms with van der Waals surface area (Å²) in [6.45, 7) is 1.76. The highest BCUT2D eigenvalue weighted by Gasteiger charge is 2.29. The number of halogens is 1. The molecule has 0 aliphatic heterocycles. The number of anilines is 1. The number of nitrogens with one attached hydrogen (secondary N) is 1. The third kappa shape index (κ3) is 5.40. The van der Waals surface area contributed by atoms with Crippen molar-refractivity contribution in [2.45, 2.75) is 18.4 Å². The molecule has 6 nitrogen and oxygen atoms in total. The minimum atomic E-state index is -4.16. The molecule has 3 rings (SSSR count). The minimum absolute atomic E-state index is 0.133. The van der Waals surface area contributed by atoms with Gasteiger partial charge in [-0.25, -0.2) is 12.8 Å². The quantitative estimate of drug-likeness (QED) is 0.578. The highest BCUT2D eigenvalue weighted by Crippen LogP contribution is 2.32. The lowest BCUT2D eigenvalue weighted by Crippen LogP contribution is -2.40. The molecule has 1 N–H and O–H groups in total. The number of hydrogen-bond donors (Lipinski definition) is 1. The number of rotatable bonds is 8. The third-order valence-corrected chi connectivity index (χ3v) is 6.43. The van der Waals surface area contributed by atoms with Gasteiger partial charge in [-0.1, -0.05) is 42.0 Å². The maximum atomic E-state index is 13.3. The molecule has 31 heavy (non-hydrogen) atoms. The Labute approximate surface area is 181 Å². The average Bonchev–Trinajstić information content (AvgIpc) is 2.77. The summed E-state index contributed by atoms with van der Waals surface area (Å²) in [5.41, 5.74) is 2.20. The smallest absolute Gasteiger partial charge is 0.264 e. The summed E-state index contributed by atoms with van der Waals surface area (Å²) in [7, 11) is -2.75. The number of aryl methyl sites for hydroxylation is 1. The van der Waals surface area contributed by atoms with Crippen LogP contribution >= 0.6 is 0 Å². The highest BCUT2D eigenvalue weighted by molar-refractivity contribution is 7.92. The Balaban J connectivity index is 1.89. The van der Waals surface area contributed by atoms with Gasteiger partial charge >= 0.3 is 0 Å². The summed E-state index contributed by atoms with van der Waals surface area (Å²) in [4.78, 5) is 12.5. The number of ether oxygens (including phenoxy) is 1. The molecule has 1 amide bonds. The van der Waals surface area contributed by atoms with Crippen molar-refractivity contribution in [1.29, 1.82) is 0 Å². The van der Waals surface area contributed by atoms with Crippen LogP contribution in [0.5, 0.6) is 5.75 Å². The van der Waals surface area contributed by atoms with Crippen molar-refractivity contribution in [2.75, 3.05) is 18.0 Å². The molecular formula is C23H23FN2O4S. The summed E-state index contributed by atoms with van der Waals surface area (Å²) in [5.74, 6) is -0.754. The fourth-order valence-electron chi connectivity index (χ4n) is 2.96. The molecule has 0 spiro atoms. The van der Waals surface area contributed by atoms with Gasteiger partial charge in [0, 0.05) is 6.54 Å². The number of methoxy groups -OCH3 is 1. The first-order valence-electron chi connectivity index (χ1n) is 9.55. The molecule has 0 bridgehead atoms. The zero-order chi connectivity index (χ0) is 22.4. The van der Waals surface area contributed by atoms with E-state index in [2.05, 4.69) is 5.32 Å². The third-order valence-electron chi connectivity index (χ3n) is 4.65. The standard InChI is InChI=1S/C23H23FN2O4S/c1-17-7-9-18(10-8-17)15-25-23(27)16-26(21-5-3-4-6-22(21)30-2)31(28,29)20-13-11-19(24)12-14-20/h3-14H,15-16H2,1-2H3,(H,25,27). The summed E-state index contributed by atoms with van der Waals surface area (Å²) >= 11 is 0. The number of nitrogens with zero attached hydrogens (tertiary/aromatic N) is 1. The van der Waals surface area contributed by atoms with Crippen molar-refractivity contribution in [2.24, 2.45) is 0 Å². The molecular weight excluding hydrogens is 419 g/mol. The number of benzene rings is 3. The van der Waals surface area contributed by atoms with Gasteiger partial charge in [0.05, 0.1) is 17.7 Å². The number of carbonyl (C=O) groups excluding carboxylic acids is 1. The van der Waals surface area contributed by atoms with Crippen molar-refractivity contribution < 1.29 is 22.3 Å². The Morgan fingerprint density at radius 3 is 2.29 bits per heavy atom. The van der Waals surface area contributed by atoms with Crippen LogP contribution in [-0.2, 0) is 21.4 Å². The number of amides is 1. The number of hydrogen-bond acceptors (Lipinski definition) is 4. The molecule has 3 aromatic rings. The lowest BCUT2D eigenvalue weighted by atomic mass is 10.1. The van der Waals surface area contributed by atoms with Gasteiger partial charge in [-0.2, -0.15) is 0 Å². The highest BCUT2D eigenvalue weighted by atomic mass is 32.2. The maximum Gasteiger partial charge on any atom is 0.264 e. The van der Waals surface area contributed by atoms with E-state index in [1.807, 2.05) is 31.2 Å². The van der Waals surface area contributed by atoms with Gasteiger partial charge in [-0.3, -0.25) is 9.10 Å². The molecule has 0 aliphatic carbocycles. The van der Waals surface area contributed by atoms with E-state index >= 15 is 0 Å². The first-order valence-corrected chi connectivity index (χ1v) is 11.0. The van der Waals surface area contributed by atoms with E-state index in [0.717, 1.165) is 39.7 Å². The summed E-state index contributed by atoms with van der Waals surface area (Å²) in [6, 6.07) is 18.6. The molecule has 0 saturated carbocycles. The van der Waals surface area contributed by atoms with Crippen LogP contribution in [0, 0.1) is 12.7 Å². The molecule has 0 fully saturated rings. The number of carbonyl (C=O) groups is 1. The lowest BCUT2D eigenvalue weighted by molar-refractivity contribution is -0.119. The largest absolute Gasteiger partial charge is 0.495 e. The van der Waals surface area contributed by atoms with Gasteiger partial charge in [-0.15, -0.1) is 0 Å². The molecule has 0 radical (unpaired) electrons. The summed E-state index contributed by atoms with van der Waals surface area (Å²) in [6.07, 6.45) is 0. The zero-order valence-corrected chi connectivity index (χ0v) is 18.0. The van der Waals surface area contributed by atoms with E-state index in [-0.39, 0.29) is 17.1 Å². The van der Waals surface area contributed by atoms with E-state index in [4.69, 9.17) is 4.74 Å². The van der Waals surface area contributed by atoms with Crippen LogP contribution in [0.1, 0.15) is 11.1 Å². The lowest BCUT2D eigenvalue weighted by Gasteiger charge is -2.25. The average molecular weight is 443 g/mol. The van der Waals surface area contributed by atoms with Crippen molar-refractivity contribution in [3.05, 3.63) is 89.7 Å². The topological polar surface area (TPSA) is 75.7 Å². The fourth-order valence-corrected chi connectivity index (χ4v) is 4.39. The summed E-state index contributed by atoms with van der Waals surface area (Å²) < 4.78 is 46.2. The SMILES string of the molecule is COc1ccccc1N(CC(=O)NCc1ccc(C)cc1)S(=O)(=O)c1ccc(F)cc1. The number of para-hydroxylation sites is 2. The van der Waals surface area contributed by atoms with Crippen molar-refractivity contribution in [3.63, 3.8) is 0 Å². The van der Waals surface area contributed by atoms with Gasteiger partial charge < -0.3 is 10.1 Å². The first-order chi connectivity index (χ1) is 14.8. The van der Waals surface area contributed by atoms with Crippen LogP contribution in [0.25, 0.3) is 0 Å². The van der Waals surface area contributed by atoms with Crippen LogP contribution in [0.4, 0.5) is 10.1 Å². The minimum Gasteiger partial charge on any atom is -0.495 e. The van der Waals surface area contributed by atoms with Crippen LogP contribution in [0.15, 0.2) is 77.7 Å². The molecule has 0 unspecified atom stereocenters. The molecule has 3 aromatic carbocycles. The zero-order valence-electron chi connectivity index (χ0n) is 17.2. The predicted octanol–water partition coefficient (Wildman–Crippen LogP) is 3.65. The Morgan fingerprint density at radius 2 is 1.65 bits per heavy atom. The van der Waals surface area contributed by atoms with E-state index in [0.29, 0.717) is 5.75 Å². The second-order valence-corrected chi connectivity index (χ2v) is 8.76. The van der Waals surface area contributed by atoms with Crippen LogP contribution in [0.3, 0.4) is 0 Å². The maximum absolute atomic E-state index is 13.3. The Kier molecular flexibility index (Phi) is 6.91. The first kappa shape index (κ1) is 22.3. The fraction of sp³-hybridized carbons (Fsp3) is 0.174. The molecule has 162 valence electrons. The number of sulfonamides is 1. The molecule has 0 saturated heterocycles. The van der Waals surface area contributed by atoms with E-state index < -0.39 is 28.3 Å². The van der Waals surface area contributed by atoms with E-state index in [9.17, 15) is 17.6 Å². The summed E-state index contributed by atoms with van der Waals surface area (Å²) in [5, 5.41) is 2.74. The molecule has 0 aromatic heterocycles. The van der Waals surface area contributed by atoms with Gasteiger partial charge in [0.2, 0.25) is 5.91 Å². The van der Waals surface area contributed by atoms with Crippen molar-refractivity contribution in [1.82, 2.24) is 5.32 Å². The van der Waals surface area contributed by atoms with Crippen molar-refractivity contribution in [3.8, 4) is 5.75 Å². The van der Waals surface area contributed by atoms with E-state index in [1.165, 1.54) is 7.11 Å². The molecule has 0 atom stereocenters. The van der Waals surface area contributed by atoms with Gasteiger partial charge in [0.15, 0.2) is 0 Å². The predicted molar refractivity (Wildman–Crippen MR) is 117 cm³/mol. The Hall–Kier alpha value is -3.39. The molecule has 0 aliphatic rings. The normalized spacial score (nSPS) is 11.1. The van der Waals surface area contributed by atoms with E-state index in [1.54, 1.807) is 24.3 Å². The van der Waals surface area contributed by atoms with Crippen LogP contribution < -0.4 is 14.4 Å². The van der Waals surface area contributed by atoms with Crippen LogP contribution in [-0.4, -0.2) is 28.0 Å². The Morgan fingerprint density at radius 1 is 1.00 bits per heavy atom. The monoisotopic (exact) mass is 442 g/mol. The van der Waals surface area contributed by atoms with Gasteiger partial charge in [0.1, 0.15) is 18.1 Å². The molecule has 0 heterocycles. The second kappa shape index (κ2) is 9.61. The van der Waals surface area contributed by atoms with Gasteiger partial charge in [-0.05, 0) is 48.9 Å². The Bertz CT molecular complexity index is 1150. The second-order valence-electron chi connectivity index (χ2n) is 6.90. The molecule has 8 heteroatoms. The van der Waals surface area contributed by atoms with Crippen molar-refractivity contribution >= 4 is 21.6 Å². The van der Waals surface area contributed by atoms with Gasteiger partial charge in [0.25, 0.3) is 10.0 Å².